The van der Waals surface area contributed by atoms with Crippen molar-refractivity contribution < 1.29 is 23.7 Å². The number of nitrogens with zero attached hydrogens (tertiary/aromatic N) is 5. The maximum absolute atomic E-state index is 12.8. The van der Waals surface area contributed by atoms with Gasteiger partial charge in [0.2, 0.25) is 0 Å². The molecule has 176 valence electrons. The van der Waals surface area contributed by atoms with Gasteiger partial charge in [-0.25, -0.2) is 19.7 Å². The molecule has 0 bridgehead atoms. The van der Waals surface area contributed by atoms with Crippen LogP contribution < -0.4 is 5.73 Å². The molecule has 0 saturated carbocycles. The number of nitrogens with two attached hydrogens (primary N) is 1. The number of likely N-dealkylation sites (N-methyl/N-ethyl adjacent to an activating group) is 1. The van der Waals surface area contributed by atoms with Crippen LogP contribution in [-0.2, 0) is 18.8 Å². The molecule has 0 aromatic heterocycles. The van der Waals surface area contributed by atoms with Crippen LogP contribution in [-0.4, -0.2) is 76.6 Å². The van der Waals surface area contributed by atoms with Gasteiger partial charge in [0.25, 0.3) is 7.52 Å². The molecule has 3 aliphatic heterocycles. The summed E-state index contributed by atoms with van der Waals surface area (Å²) in [6, 6.07) is -0.792. The van der Waals surface area contributed by atoms with Crippen molar-refractivity contribution in [2.75, 3.05) is 19.8 Å². The van der Waals surface area contributed by atoms with Gasteiger partial charge in [0, 0.05) is 6.16 Å². The summed E-state index contributed by atoms with van der Waals surface area (Å²) >= 11 is 0. The lowest BCUT2D eigenvalue weighted by Crippen LogP contribution is -2.43. The standard InChI is InChI=1S/C20H31N6O5P/c1-5-30-20(27)14(3)25(4)32(28,29)10-6-7-15-11-13(2)17(31-15)16-8-9-22-19-18(21)23-12-24-26(16)19/h9,12-15,17H,5-7,10-11H2,1-4H3,(H,28,29)(H2,21,23,24)/t13-,14-,15+,17+/m0/s1. The maximum Gasteiger partial charge on any atom is 0.323 e. The van der Waals surface area contributed by atoms with Gasteiger partial charge in [-0.3, -0.25) is 9.36 Å². The number of fused-ring (bicyclic) bond motifs is 1. The van der Waals surface area contributed by atoms with Crippen LogP contribution >= 0.6 is 7.52 Å². The van der Waals surface area contributed by atoms with Crippen LogP contribution in [0.3, 0.4) is 0 Å². The van der Waals surface area contributed by atoms with Gasteiger partial charge in [0.15, 0.2) is 11.7 Å². The van der Waals surface area contributed by atoms with Gasteiger partial charge in [-0.15, -0.1) is 0 Å². The van der Waals surface area contributed by atoms with Crippen LogP contribution in [0.25, 0.3) is 0 Å². The van der Waals surface area contributed by atoms with Crippen molar-refractivity contribution in [3.8, 4) is 0 Å². The Morgan fingerprint density at radius 1 is 1.53 bits per heavy atom. The summed E-state index contributed by atoms with van der Waals surface area (Å²) in [4.78, 5) is 30.5. The average molecular weight is 466 g/mol. The topological polar surface area (TPSA) is 142 Å². The second-order valence-corrected chi connectivity index (χ2v) is 10.5. The van der Waals surface area contributed by atoms with E-state index in [0.29, 0.717) is 18.7 Å². The zero-order valence-corrected chi connectivity index (χ0v) is 19.7. The Hall–Kier alpha value is -2.29. The molecular weight excluding hydrogens is 435 g/mol. The third-order valence-electron chi connectivity index (χ3n) is 5.84. The van der Waals surface area contributed by atoms with Crippen LogP contribution in [0, 0.1) is 5.92 Å². The van der Waals surface area contributed by atoms with E-state index in [0.717, 1.165) is 12.1 Å². The first-order valence-electron chi connectivity index (χ1n) is 10.7. The van der Waals surface area contributed by atoms with Gasteiger partial charge in [-0.1, -0.05) is 12.7 Å². The van der Waals surface area contributed by atoms with Gasteiger partial charge < -0.3 is 20.1 Å². The van der Waals surface area contributed by atoms with Crippen molar-refractivity contribution in [2.24, 2.45) is 26.7 Å². The molecule has 12 heteroatoms. The van der Waals surface area contributed by atoms with E-state index in [2.05, 4.69) is 27.7 Å². The van der Waals surface area contributed by atoms with E-state index in [9.17, 15) is 14.3 Å². The summed E-state index contributed by atoms with van der Waals surface area (Å²) in [5.74, 6) is 0.401. The van der Waals surface area contributed by atoms with Crippen molar-refractivity contribution in [1.82, 2.24) is 9.68 Å². The first-order chi connectivity index (χ1) is 15.2. The van der Waals surface area contributed by atoms with Crippen molar-refractivity contribution in [1.29, 1.82) is 0 Å². The van der Waals surface area contributed by atoms with E-state index in [1.807, 2.05) is 0 Å². The first kappa shape index (κ1) is 24.4. The molecule has 0 radical (unpaired) electrons. The highest BCUT2D eigenvalue weighted by Gasteiger charge is 2.40. The number of carbonyl (C=O) groups excluding carboxylic acids is 1. The van der Waals surface area contributed by atoms with Gasteiger partial charge in [-0.2, -0.15) is 5.10 Å². The lowest BCUT2D eigenvalue weighted by molar-refractivity contribution is -0.146. The number of ether oxygens (including phenoxy) is 2. The SMILES string of the molecule is CCOC(=O)[C@H](C)N(C)P(=O)(O)CCC[C@@H]1C[C@H](C)[C@H](C2=C=CN=C3C(N)=NC=NN23)O1. The summed E-state index contributed by atoms with van der Waals surface area (Å²) in [6.45, 7) is 5.58. The van der Waals surface area contributed by atoms with E-state index >= 15 is 0 Å². The average Bonchev–Trinajstić information content (AvgIpc) is 3.12. The van der Waals surface area contributed by atoms with Crippen LogP contribution in [0.4, 0.5) is 0 Å². The maximum atomic E-state index is 12.8. The lowest BCUT2D eigenvalue weighted by atomic mass is 9.98. The largest absolute Gasteiger partial charge is 0.465 e. The number of rotatable bonds is 9. The third-order valence-corrected chi connectivity index (χ3v) is 8.07. The molecule has 0 aromatic carbocycles. The van der Waals surface area contributed by atoms with E-state index in [1.54, 1.807) is 18.9 Å². The van der Waals surface area contributed by atoms with Crippen molar-refractivity contribution in [3.63, 3.8) is 0 Å². The van der Waals surface area contributed by atoms with E-state index in [1.165, 1.54) is 24.3 Å². The summed E-state index contributed by atoms with van der Waals surface area (Å²) in [5.41, 5.74) is 9.72. The number of aliphatic imine (C=N–C) groups is 2. The second kappa shape index (κ2) is 10.1. The number of hydrazone groups is 1. The van der Waals surface area contributed by atoms with Gasteiger partial charge in [0.1, 0.15) is 24.2 Å². The fourth-order valence-corrected chi connectivity index (χ4v) is 5.45. The van der Waals surface area contributed by atoms with Crippen LogP contribution in [0.2, 0.25) is 0 Å². The van der Waals surface area contributed by atoms with Gasteiger partial charge >= 0.3 is 5.97 Å². The van der Waals surface area contributed by atoms with Crippen LogP contribution in [0.5, 0.6) is 0 Å². The Balaban J connectivity index is 1.54. The minimum absolute atomic E-state index is 0.0645. The highest BCUT2D eigenvalue weighted by atomic mass is 31.2. The third kappa shape index (κ3) is 5.19. The minimum Gasteiger partial charge on any atom is -0.465 e. The van der Waals surface area contributed by atoms with Crippen molar-refractivity contribution >= 4 is 31.5 Å². The zero-order chi connectivity index (χ0) is 23.5. The quantitative estimate of drug-likeness (QED) is 0.297. The molecule has 1 unspecified atom stereocenters. The summed E-state index contributed by atoms with van der Waals surface area (Å²) in [6.07, 6.45) is 4.56. The summed E-state index contributed by atoms with van der Waals surface area (Å²) in [5, 5.41) is 5.84. The van der Waals surface area contributed by atoms with Crippen LogP contribution in [0.1, 0.15) is 40.0 Å². The zero-order valence-electron chi connectivity index (χ0n) is 18.8. The normalized spacial score (nSPS) is 27.4. The Bertz CT molecular complexity index is 941. The van der Waals surface area contributed by atoms with E-state index in [-0.39, 0.29) is 36.7 Å². The fourth-order valence-electron chi connectivity index (χ4n) is 3.90. The van der Waals surface area contributed by atoms with E-state index in [4.69, 9.17) is 15.2 Å². The lowest BCUT2D eigenvalue weighted by Gasteiger charge is -2.29. The van der Waals surface area contributed by atoms with Gasteiger partial charge in [0.05, 0.1) is 18.9 Å². The molecule has 3 N–H and O–H groups in total. The monoisotopic (exact) mass is 466 g/mol. The van der Waals surface area contributed by atoms with Gasteiger partial charge in [-0.05, 0) is 46.1 Å². The minimum atomic E-state index is -3.67. The molecule has 5 atom stereocenters. The van der Waals surface area contributed by atoms with Crippen molar-refractivity contribution in [3.05, 3.63) is 17.6 Å². The molecule has 0 aromatic rings. The summed E-state index contributed by atoms with van der Waals surface area (Å²) in [7, 11) is -2.20. The smallest absolute Gasteiger partial charge is 0.323 e. The molecule has 3 rings (SSSR count). The Labute approximate surface area is 187 Å². The fraction of sp³-hybridized carbons (Fsp3) is 0.650. The molecule has 32 heavy (non-hydrogen) atoms. The molecular formula is C20H31N6O5P. The first-order valence-corrected chi connectivity index (χ1v) is 12.5. The molecule has 0 amide bonds. The second-order valence-electron chi connectivity index (χ2n) is 8.09. The predicted octanol–water partition coefficient (Wildman–Crippen LogP) is 1.65. The molecule has 0 aliphatic carbocycles. The Morgan fingerprint density at radius 3 is 3.00 bits per heavy atom. The molecule has 3 aliphatic rings. The number of carbonyl (C=O) groups is 1. The molecule has 11 nitrogen and oxygen atoms in total. The van der Waals surface area contributed by atoms with E-state index < -0.39 is 19.5 Å². The van der Waals surface area contributed by atoms with Crippen LogP contribution in [0.15, 0.2) is 32.7 Å². The number of hydrogen-bond donors (Lipinski definition) is 2. The number of amidine groups is 2. The molecule has 1 fully saturated rings. The Kier molecular flexibility index (Phi) is 7.69. The molecule has 1 saturated heterocycles. The summed E-state index contributed by atoms with van der Waals surface area (Å²) < 4.78 is 25.2. The van der Waals surface area contributed by atoms with Crippen molar-refractivity contribution in [2.45, 2.75) is 58.3 Å². The number of esters is 1. The molecule has 0 spiro atoms. The molecule has 3 heterocycles. The highest BCUT2D eigenvalue weighted by molar-refractivity contribution is 7.55. The predicted molar refractivity (Wildman–Crippen MR) is 121 cm³/mol. The Morgan fingerprint density at radius 2 is 2.28 bits per heavy atom. The number of hydrogen-bond acceptors (Lipinski definition) is 9. The highest BCUT2D eigenvalue weighted by Crippen LogP contribution is 2.46.